The zero-order valence-corrected chi connectivity index (χ0v) is 10.6. The lowest BCUT2D eigenvalue weighted by Gasteiger charge is -2.21. The van der Waals surface area contributed by atoms with Crippen LogP contribution in [-0.4, -0.2) is 12.5 Å². The fraction of sp³-hybridized carbons (Fsp3) is 0.417. The van der Waals surface area contributed by atoms with Crippen LogP contribution in [0.1, 0.15) is 24.0 Å². The number of hydrogen-bond donors (Lipinski definition) is 0. The van der Waals surface area contributed by atoms with Gasteiger partial charge in [0.1, 0.15) is 0 Å². The summed E-state index contributed by atoms with van der Waals surface area (Å²) in [4.78, 5) is 13.6. The molecule has 0 N–H and O–H groups in total. The number of carbonyl (C=O) groups excluding carboxylic acids is 1. The molecule has 0 spiro atoms. The van der Waals surface area contributed by atoms with E-state index in [1.165, 1.54) is 5.56 Å². The third-order valence-electron chi connectivity index (χ3n) is 2.91. The Morgan fingerprint density at radius 2 is 2.07 bits per heavy atom. The van der Waals surface area contributed by atoms with E-state index in [1.54, 1.807) is 0 Å². The molecule has 2 rings (SSSR count). The minimum atomic E-state index is 0.249. The molecule has 3 heteroatoms. The van der Waals surface area contributed by atoms with E-state index in [4.69, 9.17) is 0 Å². The molecule has 1 fully saturated rings. The number of anilines is 1. The summed E-state index contributed by atoms with van der Waals surface area (Å²) in [5, 5.41) is 0. The Morgan fingerprint density at radius 3 is 2.67 bits per heavy atom. The molecule has 0 aromatic heterocycles. The predicted octanol–water partition coefficient (Wildman–Crippen LogP) is 3.19. The molecule has 1 saturated heterocycles. The zero-order chi connectivity index (χ0) is 11.0. The highest BCUT2D eigenvalue weighted by Gasteiger charge is 2.24. The lowest BCUT2D eigenvalue weighted by atomic mass is 10.1. The van der Waals surface area contributed by atoms with Crippen LogP contribution in [0.3, 0.4) is 0 Å². The number of rotatable bonds is 1. The van der Waals surface area contributed by atoms with Gasteiger partial charge in [0.25, 0.3) is 0 Å². The molecule has 15 heavy (non-hydrogen) atoms. The summed E-state index contributed by atoms with van der Waals surface area (Å²) >= 11 is 3.51. The van der Waals surface area contributed by atoms with Crippen molar-refractivity contribution in [2.24, 2.45) is 0 Å². The molecule has 1 aromatic carbocycles. The van der Waals surface area contributed by atoms with E-state index in [2.05, 4.69) is 35.8 Å². The molecule has 0 saturated carbocycles. The summed E-state index contributed by atoms with van der Waals surface area (Å²) in [6.45, 7) is 4.97. The topological polar surface area (TPSA) is 20.3 Å². The van der Waals surface area contributed by atoms with Gasteiger partial charge in [0.15, 0.2) is 0 Å². The van der Waals surface area contributed by atoms with E-state index in [9.17, 15) is 4.79 Å². The van der Waals surface area contributed by atoms with Crippen molar-refractivity contribution in [2.75, 3.05) is 11.4 Å². The Bertz CT molecular complexity index is 414. The highest BCUT2D eigenvalue weighted by molar-refractivity contribution is 9.10. The quantitative estimate of drug-likeness (QED) is 0.766. The van der Waals surface area contributed by atoms with Crippen LogP contribution in [0.15, 0.2) is 16.6 Å². The summed E-state index contributed by atoms with van der Waals surface area (Å²) in [6.07, 6.45) is 1.66. The first-order chi connectivity index (χ1) is 7.11. The van der Waals surface area contributed by atoms with Gasteiger partial charge in [-0.25, -0.2) is 0 Å². The Labute approximate surface area is 98.4 Å². The van der Waals surface area contributed by atoms with Crippen molar-refractivity contribution in [3.05, 3.63) is 27.7 Å². The van der Waals surface area contributed by atoms with Gasteiger partial charge in [-0.1, -0.05) is 22.0 Å². The highest BCUT2D eigenvalue weighted by Crippen LogP contribution is 2.32. The first-order valence-corrected chi connectivity index (χ1v) is 5.96. The lowest BCUT2D eigenvalue weighted by Crippen LogP contribution is -2.25. The first kappa shape index (κ1) is 10.7. The van der Waals surface area contributed by atoms with Gasteiger partial charge >= 0.3 is 0 Å². The summed E-state index contributed by atoms with van der Waals surface area (Å²) in [7, 11) is 0. The highest BCUT2D eigenvalue weighted by atomic mass is 79.9. The summed E-state index contributed by atoms with van der Waals surface area (Å²) in [5.41, 5.74) is 3.42. The fourth-order valence-corrected chi connectivity index (χ4v) is 2.43. The molecule has 1 aliphatic heterocycles. The first-order valence-electron chi connectivity index (χ1n) is 5.17. The van der Waals surface area contributed by atoms with Crippen LogP contribution in [-0.2, 0) is 4.79 Å². The van der Waals surface area contributed by atoms with Crippen LogP contribution < -0.4 is 4.90 Å². The molecule has 0 radical (unpaired) electrons. The van der Waals surface area contributed by atoms with Gasteiger partial charge in [-0.05, 0) is 37.5 Å². The van der Waals surface area contributed by atoms with Gasteiger partial charge in [-0.15, -0.1) is 0 Å². The van der Waals surface area contributed by atoms with E-state index in [1.807, 2.05) is 11.0 Å². The second-order valence-corrected chi connectivity index (χ2v) is 4.84. The second-order valence-electron chi connectivity index (χ2n) is 3.99. The number of amides is 1. The van der Waals surface area contributed by atoms with Gasteiger partial charge in [0, 0.05) is 17.4 Å². The second kappa shape index (κ2) is 3.97. The van der Waals surface area contributed by atoms with Crippen LogP contribution >= 0.6 is 15.9 Å². The monoisotopic (exact) mass is 267 g/mol. The fourth-order valence-electron chi connectivity index (χ4n) is 2.11. The Balaban J connectivity index is 2.51. The lowest BCUT2D eigenvalue weighted by molar-refractivity contribution is -0.117. The number of hydrogen-bond acceptors (Lipinski definition) is 1. The van der Waals surface area contributed by atoms with E-state index in [0.29, 0.717) is 6.42 Å². The summed E-state index contributed by atoms with van der Waals surface area (Å²) in [6, 6.07) is 4.09. The van der Waals surface area contributed by atoms with Crippen LogP contribution in [0.5, 0.6) is 0 Å². The molecule has 1 amide bonds. The average Bonchev–Trinajstić information content (AvgIpc) is 2.60. The third-order valence-corrected chi connectivity index (χ3v) is 3.77. The number of aryl methyl sites for hydroxylation is 1. The number of benzene rings is 1. The molecular formula is C12H14BrNO. The molecule has 80 valence electrons. The molecule has 1 heterocycles. The Kier molecular flexibility index (Phi) is 2.83. The minimum Gasteiger partial charge on any atom is -0.312 e. The molecular weight excluding hydrogens is 254 g/mol. The smallest absolute Gasteiger partial charge is 0.227 e. The normalized spacial score (nSPS) is 16.2. The third kappa shape index (κ3) is 1.81. The van der Waals surface area contributed by atoms with E-state index in [-0.39, 0.29) is 5.91 Å². The van der Waals surface area contributed by atoms with Crippen molar-refractivity contribution in [3.8, 4) is 0 Å². The minimum absolute atomic E-state index is 0.249. The summed E-state index contributed by atoms with van der Waals surface area (Å²) < 4.78 is 1.07. The maximum absolute atomic E-state index is 11.7. The van der Waals surface area contributed by atoms with Crippen LogP contribution in [0.2, 0.25) is 0 Å². The maximum atomic E-state index is 11.7. The molecule has 0 aliphatic carbocycles. The summed E-state index contributed by atoms with van der Waals surface area (Å²) in [5.74, 6) is 0.249. The molecule has 0 atom stereocenters. The Hall–Kier alpha value is -0.830. The van der Waals surface area contributed by atoms with E-state index in [0.717, 1.165) is 28.7 Å². The van der Waals surface area contributed by atoms with Crippen LogP contribution in [0.25, 0.3) is 0 Å². The molecule has 2 nitrogen and oxygen atoms in total. The average molecular weight is 268 g/mol. The standard InChI is InChI=1S/C12H14BrNO/c1-8-5-6-10(13)9(2)12(8)14-7-3-4-11(14)15/h5-6H,3-4,7H2,1-2H3. The van der Waals surface area contributed by atoms with Crippen molar-refractivity contribution in [1.82, 2.24) is 0 Å². The van der Waals surface area contributed by atoms with Crippen LogP contribution in [0, 0.1) is 13.8 Å². The van der Waals surface area contributed by atoms with Gasteiger partial charge < -0.3 is 4.90 Å². The van der Waals surface area contributed by atoms with Crippen molar-refractivity contribution < 1.29 is 4.79 Å². The van der Waals surface area contributed by atoms with Gasteiger partial charge in [-0.2, -0.15) is 0 Å². The molecule has 1 aliphatic rings. The number of nitrogens with zero attached hydrogens (tertiary/aromatic N) is 1. The largest absolute Gasteiger partial charge is 0.312 e. The molecule has 1 aromatic rings. The number of carbonyl (C=O) groups is 1. The van der Waals surface area contributed by atoms with E-state index >= 15 is 0 Å². The maximum Gasteiger partial charge on any atom is 0.227 e. The van der Waals surface area contributed by atoms with Crippen LogP contribution in [0.4, 0.5) is 5.69 Å². The Morgan fingerprint density at radius 1 is 1.33 bits per heavy atom. The van der Waals surface area contributed by atoms with Crippen molar-refractivity contribution >= 4 is 27.5 Å². The predicted molar refractivity (Wildman–Crippen MR) is 65.2 cm³/mol. The van der Waals surface area contributed by atoms with Crippen molar-refractivity contribution in [1.29, 1.82) is 0 Å². The SMILES string of the molecule is Cc1ccc(Br)c(C)c1N1CCCC1=O. The van der Waals surface area contributed by atoms with Gasteiger partial charge in [0.05, 0.1) is 5.69 Å². The molecule has 0 bridgehead atoms. The van der Waals surface area contributed by atoms with Crippen molar-refractivity contribution in [2.45, 2.75) is 26.7 Å². The van der Waals surface area contributed by atoms with Gasteiger partial charge in [-0.3, -0.25) is 4.79 Å². The van der Waals surface area contributed by atoms with Crippen molar-refractivity contribution in [3.63, 3.8) is 0 Å². The van der Waals surface area contributed by atoms with Gasteiger partial charge in [0.2, 0.25) is 5.91 Å². The van der Waals surface area contributed by atoms with E-state index < -0.39 is 0 Å². The molecule has 0 unspecified atom stereocenters. The number of halogens is 1. The zero-order valence-electron chi connectivity index (χ0n) is 9.01.